The zero-order valence-electron chi connectivity index (χ0n) is 13.3. The van der Waals surface area contributed by atoms with Gasteiger partial charge in [-0.15, -0.1) is 11.8 Å². The Bertz CT molecular complexity index is 507. The quantitative estimate of drug-likeness (QED) is 0.907. The number of amides is 1. The third-order valence-electron chi connectivity index (χ3n) is 5.88. The SMILES string of the molecule is CN(Cc1ccn[nH]1)C(=O)CSC12CC3CC(CC(C3)C1)C2. The lowest BCUT2D eigenvalue weighted by Gasteiger charge is -2.56. The summed E-state index contributed by atoms with van der Waals surface area (Å²) >= 11 is 1.97. The van der Waals surface area contributed by atoms with Crippen LogP contribution >= 0.6 is 11.8 Å². The summed E-state index contributed by atoms with van der Waals surface area (Å²) < 4.78 is 0.430. The summed E-state index contributed by atoms with van der Waals surface area (Å²) in [5.41, 5.74) is 0.996. The van der Waals surface area contributed by atoms with Gasteiger partial charge in [-0.2, -0.15) is 5.10 Å². The van der Waals surface area contributed by atoms with Crippen molar-refractivity contribution in [1.82, 2.24) is 15.1 Å². The molecule has 0 radical (unpaired) electrons. The Hall–Kier alpha value is -0.970. The second-order valence-electron chi connectivity index (χ2n) is 7.72. The summed E-state index contributed by atoms with van der Waals surface area (Å²) in [6.07, 6.45) is 10.2. The van der Waals surface area contributed by atoms with Crippen molar-refractivity contribution in [3.8, 4) is 0 Å². The Balaban J connectivity index is 1.33. The molecule has 1 amide bonds. The molecule has 1 aromatic heterocycles. The van der Waals surface area contributed by atoms with E-state index >= 15 is 0 Å². The maximum Gasteiger partial charge on any atom is 0.232 e. The molecule has 0 spiro atoms. The van der Waals surface area contributed by atoms with Crippen molar-refractivity contribution in [2.75, 3.05) is 12.8 Å². The van der Waals surface area contributed by atoms with Crippen LogP contribution in [0.5, 0.6) is 0 Å². The highest BCUT2D eigenvalue weighted by atomic mass is 32.2. The Kier molecular flexibility index (Phi) is 3.71. The van der Waals surface area contributed by atoms with E-state index in [-0.39, 0.29) is 5.91 Å². The molecule has 4 aliphatic rings. The number of carbonyl (C=O) groups excluding carboxylic acids is 1. The summed E-state index contributed by atoms with van der Waals surface area (Å²) in [6.45, 7) is 0.625. The van der Waals surface area contributed by atoms with Crippen LogP contribution in [-0.2, 0) is 11.3 Å². The molecule has 4 bridgehead atoms. The molecule has 4 nitrogen and oxygen atoms in total. The van der Waals surface area contributed by atoms with Gasteiger partial charge >= 0.3 is 0 Å². The number of hydrogen-bond acceptors (Lipinski definition) is 3. The lowest BCUT2D eigenvalue weighted by Crippen LogP contribution is -2.49. The van der Waals surface area contributed by atoms with Gasteiger partial charge in [-0.3, -0.25) is 9.89 Å². The maximum atomic E-state index is 12.4. The zero-order chi connectivity index (χ0) is 15.2. The summed E-state index contributed by atoms with van der Waals surface area (Å²) in [5.74, 6) is 3.75. The predicted molar refractivity (Wildman–Crippen MR) is 88.4 cm³/mol. The van der Waals surface area contributed by atoms with Crippen LogP contribution < -0.4 is 0 Å². The largest absolute Gasteiger partial charge is 0.339 e. The highest BCUT2D eigenvalue weighted by Gasteiger charge is 2.51. The molecular formula is C17H25N3OS. The first-order valence-electron chi connectivity index (χ1n) is 8.48. The number of nitrogens with zero attached hydrogens (tertiary/aromatic N) is 2. The number of carbonyl (C=O) groups is 1. The normalized spacial score (nSPS) is 35.8. The van der Waals surface area contributed by atoms with Crippen LogP contribution in [0.1, 0.15) is 44.2 Å². The molecule has 0 aromatic carbocycles. The fourth-order valence-electron chi connectivity index (χ4n) is 5.25. The molecule has 1 aromatic rings. The monoisotopic (exact) mass is 319 g/mol. The fraction of sp³-hybridized carbons (Fsp3) is 0.765. The van der Waals surface area contributed by atoms with Gasteiger partial charge in [-0.05, 0) is 62.3 Å². The highest BCUT2D eigenvalue weighted by molar-refractivity contribution is 8.01. The summed E-state index contributed by atoms with van der Waals surface area (Å²) in [6, 6.07) is 1.93. The Morgan fingerprint density at radius 3 is 2.50 bits per heavy atom. The van der Waals surface area contributed by atoms with Crippen molar-refractivity contribution in [2.45, 2.75) is 49.8 Å². The van der Waals surface area contributed by atoms with Crippen molar-refractivity contribution in [3.05, 3.63) is 18.0 Å². The topological polar surface area (TPSA) is 49.0 Å². The standard InChI is InChI=1S/C17H25N3OS/c1-20(10-15-2-3-18-19-15)16(21)11-22-17-7-12-4-13(8-17)6-14(5-12)9-17/h2-3,12-14H,4-11H2,1H3,(H,18,19). The van der Waals surface area contributed by atoms with E-state index in [1.807, 2.05) is 29.8 Å². The maximum absolute atomic E-state index is 12.4. The molecule has 0 saturated heterocycles. The van der Waals surface area contributed by atoms with E-state index in [9.17, 15) is 4.79 Å². The molecule has 0 unspecified atom stereocenters. The van der Waals surface area contributed by atoms with Gasteiger partial charge in [0.05, 0.1) is 18.0 Å². The number of rotatable bonds is 5. The molecule has 4 saturated carbocycles. The number of aromatic amines is 1. The predicted octanol–water partition coefficient (Wildman–Crippen LogP) is 3.07. The number of aromatic nitrogens is 2. The first-order chi connectivity index (χ1) is 10.6. The van der Waals surface area contributed by atoms with Gasteiger partial charge in [0.2, 0.25) is 5.91 Å². The lowest BCUT2D eigenvalue weighted by molar-refractivity contribution is -0.127. The molecule has 5 rings (SSSR count). The average Bonchev–Trinajstić information content (AvgIpc) is 2.96. The lowest BCUT2D eigenvalue weighted by atomic mass is 9.56. The van der Waals surface area contributed by atoms with Gasteiger partial charge in [0, 0.05) is 18.0 Å². The molecule has 0 aliphatic heterocycles. The fourth-order valence-corrected chi connectivity index (χ4v) is 6.96. The van der Waals surface area contributed by atoms with E-state index in [0.717, 1.165) is 23.4 Å². The Morgan fingerprint density at radius 1 is 1.32 bits per heavy atom. The minimum atomic E-state index is 0.246. The van der Waals surface area contributed by atoms with Gasteiger partial charge in [-0.25, -0.2) is 0 Å². The summed E-state index contributed by atoms with van der Waals surface area (Å²) in [7, 11) is 1.89. The molecule has 22 heavy (non-hydrogen) atoms. The van der Waals surface area contributed by atoms with E-state index in [1.165, 1.54) is 38.5 Å². The smallest absolute Gasteiger partial charge is 0.232 e. The second kappa shape index (κ2) is 5.59. The van der Waals surface area contributed by atoms with Crippen LogP contribution in [0, 0.1) is 17.8 Å². The van der Waals surface area contributed by atoms with E-state index in [2.05, 4.69) is 10.2 Å². The molecule has 0 atom stereocenters. The third-order valence-corrected chi connectivity index (χ3v) is 7.38. The first-order valence-corrected chi connectivity index (χ1v) is 9.47. The van der Waals surface area contributed by atoms with Gasteiger partial charge in [0.15, 0.2) is 0 Å². The van der Waals surface area contributed by atoms with Crippen molar-refractivity contribution in [2.24, 2.45) is 17.8 Å². The van der Waals surface area contributed by atoms with Crippen LogP contribution in [0.4, 0.5) is 0 Å². The van der Waals surface area contributed by atoms with Crippen LogP contribution in [0.3, 0.4) is 0 Å². The van der Waals surface area contributed by atoms with Gasteiger partial charge in [0.25, 0.3) is 0 Å². The Morgan fingerprint density at radius 2 is 1.95 bits per heavy atom. The van der Waals surface area contributed by atoms with Crippen molar-refractivity contribution >= 4 is 17.7 Å². The molecule has 120 valence electrons. The molecule has 1 heterocycles. The molecular weight excluding hydrogens is 294 g/mol. The number of H-pyrrole nitrogens is 1. The van der Waals surface area contributed by atoms with Gasteiger partial charge in [-0.1, -0.05) is 0 Å². The third kappa shape index (κ3) is 2.80. The van der Waals surface area contributed by atoms with E-state index < -0.39 is 0 Å². The van der Waals surface area contributed by atoms with E-state index in [4.69, 9.17) is 0 Å². The average molecular weight is 319 g/mol. The summed E-state index contributed by atoms with van der Waals surface area (Å²) in [4.78, 5) is 14.3. The molecule has 1 N–H and O–H groups in total. The van der Waals surface area contributed by atoms with Crippen LogP contribution in [0.25, 0.3) is 0 Å². The second-order valence-corrected chi connectivity index (χ2v) is 9.16. The van der Waals surface area contributed by atoms with Gasteiger partial charge in [0.1, 0.15) is 0 Å². The molecule has 4 fully saturated rings. The minimum absolute atomic E-state index is 0.246. The number of nitrogens with one attached hydrogen (secondary N) is 1. The first kappa shape index (κ1) is 14.6. The van der Waals surface area contributed by atoms with Crippen LogP contribution in [0.2, 0.25) is 0 Å². The van der Waals surface area contributed by atoms with Crippen LogP contribution in [-0.4, -0.2) is 38.6 Å². The molecule has 5 heteroatoms. The minimum Gasteiger partial charge on any atom is -0.339 e. The van der Waals surface area contributed by atoms with E-state index in [1.54, 1.807) is 6.20 Å². The summed E-state index contributed by atoms with van der Waals surface area (Å²) in [5, 5.41) is 6.86. The molecule has 4 aliphatic carbocycles. The van der Waals surface area contributed by atoms with E-state index in [0.29, 0.717) is 17.0 Å². The van der Waals surface area contributed by atoms with Crippen LogP contribution in [0.15, 0.2) is 12.3 Å². The zero-order valence-corrected chi connectivity index (χ0v) is 14.1. The number of hydrogen-bond donors (Lipinski definition) is 1. The van der Waals surface area contributed by atoms with Crippen molar-refractivity contribution in [3.63, 3.8) is 0 Å². The number of thioether (sulfide) groups is 1. The highest BCUT2D eigenvalue weighted by Crippen LogP contribution is 2.60. The van der Waals surface area contributed by atoms with Crippen molar-refractivity contribution in [1.29, 1.82) is 0 Å². The van der Waals surface area contributed by atoms with Crippen molar-refractivity contribution < 1.29 is 4.79 Å². The Labute approximate surface area is 136 Å². The van der Waals surface area contributed by atoms with Gasteiger partial charge < -0.3 is 4.90 Å².